The molecule has 2 rings (SSSR count). The summed E-state index contributed by atoms with van der Waals surface area (Å²) in [5.74, 6) is -1.34. The first-order chi connectivity index (χ1) is 9.61. The highest BCUT2D eigenvalue weighted by Gasteiger charge is 2.27. The van der Waals surface area contributed by atoms with E-state index in [0.717, 1.165) is 5.56 Å². The molecule has 0 spiro atoms. The molecule has 0 fully saturated rings. The van der Waals surface area contributed by atoms with Crippen molar-refractivity contribution in [3.63, 3.8) is 0 Å². The lowest BCUT2D eigenvalue weighted by atomic mass is 9.93. The molecule has 20 heavy (non-hydrogen) atoms. The van der Waals surface area contributed by atoms with Crippen LogP contribution in [-0.4, -0.2) is 29.8 Å². The molecule has 1 aliphatic rings. The van der Waals surface area contributed by atoms with Crippen LogP contribution in [0.15, 0.2) is 30.3 Å². The van der Waals surface area contributed by atoms with Crippen molar-refractivity contribution in [2.45, 2.75) is 25.6 Å². The molecule has 2 atom stereocenters. The fourth-order valence-electron chi connectivity index (χ4n) is 2.04. The van der Waals surface area contributed by atoms with Crippen LogP contribution in [-0.2, 0) is 19.1 Å². The number of carbonyl (C=O) groups is 2. The van der Waals surface area contributed by atoms with Gasteiger partial charge in [-0.05, 0) is 24.1 Å². The number of hydrogen-bond donors (Lipinski definition) is 1. The zero-order chi connectivity index (χ0) is 14.5. The van der Waals surface area contributed by atoms with Gasteiger partial charge in [0.05, 0.1) is 6.61 Å². The summed E-state index contributed by atoms with van der Waals surface area (Å²) >= 11 is 0. The number of fused-ring (bicyclic) bond motifs is 1. The van der Waals surface area contributed by atoms with E-state index in [4.69, 9.17) is 4.74 Å². The zero-order valence-electron chi connectivity index (χ0n) is 11.1. The number of rotatable bonds is 4. The lowest BCUT2D eigenvalue weighted by molar-refractivity contribution is -0.159. The summed E-state index contributed by atoms with van der Waals surface area (Å²) in [6.45, 7) is 1.87. The molecule has 0 aromatic heterocycles. The molecule has 0 saturated carbocycles. The van der Waals surface area contributed by atoms with Gasteiger partial charge < -0.3 is 14.6 Å². The van der Waals surface area contributed by atoms with Crippen molar-refractivity contribution in [2.24, 2.45) is 0 Å². The van der Waals surface area contributed by atoms with Crippen LogP contribution in [0.5, 0.6) is 0 Å². The third-order valence-electron chi connectivity index (χ3n) is 2.95. The normalized spacial score (nSPS) is 20.1. The molecular formula is C15H16O5. The van der Waals surface area contributed by atoms with Crippen LogP contribution in [0.2, 0.25) is 0 Å². The highest BCUT2D eigenvalue weighted by Crippen LogP contribution is 2.29. The van der Waals surface area contributed by atoms with E-state index in [2.05, 4.69) is 4.74 Å². The molecule has 106 valence electrons. The van der Waals surface area contributed by atoms with E-state index in [-0.39, 0.29) is 6.61 Å². The molecule has 0 aliphatic heterocycles. The summed E-state index contributed by atoms with van der Waals surface area (Å²) in [4.78, 5) is 22.8. The first-order valence-electron chi connectivity index (χ1n) is 6.42. The van der Waals surface area contributed by atoms with Crippen LogP contribution in [0, 0.1) is 0 Å². The second kappa shape index (κ2) is 6.34. The largest absolute Gasteiger partial charge is 0.466 e. The summed E-state index contributed by atoms with van der Waals surface area (Å²) < 4.78 is 9.77. The SMILES string of the molecule is CCOC(=O)CC(=O)O[C@@H]1C=Cc2ccccc2C1O. The monoisotopic (exact) mass is 276 g/mol. The van der Waals surface area contributed by atoms with Crippen molar-refractivity contribution in [3.05, 3.63) is 41.5 Å². The number of ether oxygens (including phenoxy) is 2. The third kappa shape index (κ3) is 3.24. The minimum Gasteiger partial charge on any atom is -0.466 e. The van der Waals surface area contributed by atoms with Gasteiger partial charge in [0.25, 0.3) is 0 Å². The van der Waals surface area contributed by atoms with Crippen LogP contribution in [0.3, 0.4) is 0 Å². The van der Waals surface area contributed by atoms with E-state index in [1.54, 1.807) is 31.2 Å². The first-order valence-corrected chi connectivity index (χ1v) is 6.42. The van der Waals surface area contributed by atoms with Gasteiger partial charge in [-0.1, -0.05) is 30.3 Å². The van der Waals surface area contributed by atoms with Gasteiger partial charge in [0.1, 0.15) is 12.5 Å². The number of carbonyl (C=O) groups excluding carboxylic acids is 2. The lowest BCUT2D eigenvalue weighted by Gasteiger charge is -2.25. The Morgan fingerprint density at radius 2 is 2.00 bits per heavy atom. The molecule has 0 radical (unpaired) electrons. The summed E-state index contributed by atoms with van der Waals surface area (Å²) in [6.07, 6.45) is 1.22. The first kappa shape index (κ1) is 14.3. The maximum atomic E-state index is 11.6. The van der Waals surface area contributed by atoms with Crippen molar-refractivity contribution < 1.29 is 24.2 Å². The van der Waals surface area contributed by atoms with Crippen molar-refractivity contribution in [1.82, 2.24) is 0 Å². The standard InChI is InChI=1S/C15H16O5/c1-2-19-13(16)9-14(17)20-12-8-7-10-5-3-4-6-11(10)15(12)18/h3-8,12,15,18H,2,9H2,1H3/t12-,15?/m1/s1. The molecule has 0 bridgehead atoms. The molecule has 1 aliphatic carbocycles. The maximum absolute atomic E-state index is 11.6. The summed E-state index contributed by atoms with van der Waals surface area (Å²) in [5, 5.41) is 10.2. The molecule has 1 aromatic rings. The molecule has 0 heterocycles. The number of hydrogen-bond acceptors (Lipinski definition) is 5. The molecule has 0 amide bonds. The van der Waals surface area contributed by atoms with E-state index < -0.39 is 30.6 Å². The van der Waals surface area contributed by atoms with Gasteiger partial charge in [-0.2, -0.15) is 0 Å². The quantitative estimate of drug-likeness (QED) is 0.668. The van der Waals surface area contributed by atoms with Crippen LogP contribution >= 0.6 is 0 Å². The van der Waals surface area contributed by atoms with Crippen LogP contribution in [0.25, 0.3) is 6.08 Å². The van der Waals surface area contributed by atoms with Crippen molar-refractivity contribution in [3.8, 4) is 0 Å². The average Bonchev–Trinajstić information content (AvgIpc) is 2.42. The minimum absolute atomic E-state index is 0.214. The Morgan fingerprint density at radius 1 is 1.25 bits per heavy atom. The number of aliphatic hydroxyl groups excluding tert-OH is 1. The minimum atomic E-state index is -0.928. The van der Waals surface area contributed by atoms with Crippen molar-refractivity contribution in [1.29, 1.82) is 0 Å². The number of esters is 2. The molecule has 0 saturated heterocycles. The van der Waals surface area contributed by atoms with Crippen LogP contribution in [0.1, 0.15) is 30.6 Å². The molecular weight excluding hydrogens is 260 g/mol. The molecule has 5 heteroatoms. The van der Waals surface area contributed by atoms with Gasteiger partial charge in [-0.3, -0.25) is 9.59 Å². The maximum Gasteiger partial charge on any atom is 0.317 e. The van der Waals surface area contributed by atoms with Gasteiger partial charge in [0, 0.05) is 0 Å². The zero-order valence-corrected chi connectivity index (χ0v) is 11.1. The van der Waals surface area contributed by atoms with Gasteiger partial charge in [0.15, 0.2) is 6.10 Å². The van der Waals surface area contributed by atoms with Crippen LogP contribution in [0.4, 0.5) is 0 Å². The van der Waals surface area contributed by atoms with Gasteiger partial charge in [0.2, 0.25) is 0 Å². The Labute approximate surface area is 116 Å². The fourth-order valence-corrected chi connectivity index (χ4v) is 2.04. The van der Waals surface area contributed by atoms with E-state index in [1.165, 1.54) is 0 Å². The Hall–Kier alpha value is -2.14. The predicted octanol–water partition coefficient (Wildman–Crippen LogP) is 1.61. The summed E-state index contributed by atoms with van der Waals surface area (Å²) in [7, 11) is 0. The van der Waals surface area contributed by atoms with Gasteiger partial charge >= 0.3 is 11.9 Å². The lowest BCUT2D eigenvalue weighted by Crippen LogP contribution is -2.27. The molecule has 1 aromatic carbocycles. The van der Waals surface area contributed by atoms with E-state index in [1.807, 2.05) is 12.1 Å². The highest BCUT2D eigenvalue weighted by molar-refractivity contribution is 5.91. The molecule has 1 unspecified atom stereocenters. The van der Waals surface area contributed by atoms with Crippen LogP contribution < -0.4 is 0 Å². The highest BCUT2D eigenvalue weighted by atomic mass is 16.6. The summed E-state index contributed by atoms with van der Waals surface area (Å²) in [5.41, 5.74) is 1.58. The van der Waals surface area contributed by atoms with E-state index >= 15 is 0 Å². The Balaban J connectivity index is 1.99. The number of aliphatic hydroxyl groups is 1. The Morgan fingerprint density at radius 3 is 2.75 bits per heavy atom. The summed E-state index contributed by atoms with van der Waals surface area (Å²) in [6, 6.07) is 7.31. The number of benzene rings is 1. The predicted molar refractivity (Wildman–Crippen MR) is 71.6 cm³/mol. The van der Waals surface area contributed by atoms with Crippen molar-refractivity contribution >= 4 is 18.0 Å². The molecule has 1 N–H and O–H groups in total. The molecule has 5 nitrogen and oxygen atoms in total. The topological polar surface area (TPSA) is 72.8 Å². The van der Waals surface area contributed by atoms with E-state index in [9.17, 15) is 14.7 Å². The second-order valence-electron chi connectivity index (χ2n) is 4.37. The average molecular weight is 276 g/mol. The van der Waals surface area contributed by atoms with Gasteiger partial charge in [-0.25, -0.2) is 0 Å². The Bertz CT molecular complexity index is 535. The van der Waals surface area contributed by atoms with Gasteiger partial charge in [-0.15, -0.1) is 0 Å². The Kier molecular flexibility index (Phi) is 4.53. The second-order valence-corrected chi connectivity index (χ2v) is 4.37. The van der Waals surface area contributed by atoms with Crippen molar-refractivity contribution in [2.75, 3.05) is 6.61 Å². The third-order valence-corrected chi connectivity index (χ3v) is 2.95. The smallest absolute Gasteiger partial charge is 0.317 e. The fraction of sp³-hybridized carbons (Fsp3) is 0.333. The van der Waals surface area contributed by atoms with E-state index in [0.29, 0.717) is 5.56 Å².